The van der Waals surface area contributed by atoms with Gasteiger partial charge < -0.3 is 0 Å². The van der Waals surface area contributed by atoms with E-state index < -0.39 is 0 Å². The molecule has 0 aliphatic heterocycles. The Labute approximate surface area is 124 Å². The molecule has 98 valence electrons. The summed E-state index contributed by atoms with van der Waals surface area (Å²) in [4.78, 5) is 0.596. The van der Waals surface area contributed by atoms with Crippen molar-refractivity contribution in [2.24, 2.45) is 5.92 Å². The summed E-state index contributed by atoms with van der Waals surface area (Å²) in [6, 6.07) is 19.6. The molecule has 1 aliphatic rings. The van der Waals surface area contributed by atoms with Crippen LogP contribution >= 0.6 is 15.9 Å². The highest BCUT2D eigenvalue weighted by Crippen LogP contribution is 2.52. The van der Waals surface area contributed by atoms with E-state index in [4.69, 9.17) is 0 Å². The molecule has 1 aliphatic carbocycles. The van der Waals surface area contributed by atoms with Crippen molar-refractivity contribution in [3.05, 3.63) is 71.3 Å². The van der Waals surface area contributed by atoms with Gasteiger partial charge in [0.15, 0.2) is 0 Å². The van der Waals surface area contributed by atoms with Gasteiger partial charge in [-0.05, 0) is 48.3 Å². The van der Waals surface area contributed by atoms with E-state index in [9.17, 15) is 0 Å². The van der Waals surface area contributed by atoms with Gasteiger partial charge in [-0.25, -0.2) is 0 Å². The van der Waals surface area contributed by atoms with Crippen LogP contribution in [0.25, 0.3) is 0 Å². The number of alkyl halides is 1. The quantitative estimate of drug-likeness (QED) is 0.688. The van der Waals surface area contributed by atoms with Crippen LogP contribution in [0.2, 0.25) is 0 Å². The number of hydrogen-bond donors (Lipinski definition) is 0. The fourth-order valence-corrected chi connectivity index (χ4v) is 3.83. The van der Waals surface area contributed by atoms with Gasteiger partial charge in [0.1, 0.15) is 0 Å². The minimum absolute atomic E-state index is 0.596. The lowest BCUT2D eigenvalue weighted by atomic mass is 10.0. The third-order valence-corrected chi connectivity index (χ3v) is 5.21. The van der Waals surface area contributed by atoms with Gasteiger partial charge in [0, 0.05) is 4.83 Å². The largest absolute Gasteiger partial charge is 0.0884 e. The number of hydrogen-bond acceptors (Lipinski definition) is 0. The van der Waals surface area contributed by atoms with Gasteiger partial charge in [-0.15, -0.1) is 0 Å². The molecule has 2 aromatic carbocycles. The predicted octanol–water partition coefficient (Wildman–Crippen LogP) is 5.10. The second kappa shape index (κ2) is 5.50. The molecule has 1 saturated carbocycles. The summed E-state index contributed by atoms with van der Waals surface area (Å²) in [5.41, 5.74) is 4.38. The van der Waals surface area contributed by atoms with E-state index in [1.54, 1.807) is 0 Å². The molecule has 3 unspecified atom stereocenters. The Balaban J connectivity index is 1.64. The van der Waals surface area contributed by atoms with E-state index in [0.29, 0.717) is 4.83 Å². The molecule has 3 rings (SSSR count). The molecule has 0 amide bonds. The van der Waals surface area contributed by atoms with Crippen molar-refractivity contribution in [2.45, 2.75) is 30.5 Å². The van der Waals surface area contributed by atoms with Crippen LogP contribution in [0.4, 0.5) is 0 Å². The van der Waals surface area contributed by atoms with Crippen molar-refractivity contribution >= 4 is 15.9 Å². The molecule has 0 heterocycles. The molecule has 0 bridgehead atoms. The van der Waals surface area contributed by atoms with Crippen molar-refractivity contribution < 1.29 is 0 Å². The zero-order chi connectivity index (χ0) is 13.2. The molecular formula is C18H19Br. The van der Waals surface area contributed by atoms with Crippen LogP contribution < -0.4 is 0 Å². The van der Waals surface area contributed by atoms with E-state index >= 15 is 0 Å². The zero-order valence-corrected chi connectivity index (χ0v) is 12.8. The Morgan fingerprint density at radius 3 is 2.47 bits per heavy atom. The molecule has 1 heteroatoms. The maximum absolute atomic E-state index is 3.91. The van der Waals surface area contributed by atoms with Gasteiger partial charge in [-0.3, -0.25) is 0 Å². The smallest absolute Gasteiger partial charge is 0.0220 e. The lowest BCUT2D eigenvalue weighted by Crippen LogP contribution is -2.07. The lowest BCUT2D eigenvalue weighted by molar-refractivity contribution is 0.733. The van der Waals surface area contributed by atoms with Crippen LogP contribution in [0.5, 0.6) is 0 Å². The van der Waals surface area contributed by atoms with Crippen molar-refractivity contribution in [3.8, 4) is 0 Å². The topological polar surface area (TPSA) is 0 Å². The highest BCUT2D eigenvalue weighted by molar-refractivity contribution is 9.09. The highest BCUT2D eigenvalue weighted by Gasteiger charge is 2.42. The molecule has 1 fully saturated rings. The Kier molecular flexibility index (Phi) is 3.74. The lowest BCUT2D eigenvalue weighted by Gasteiger charge is -2.12. The molecule has 19 heavy (non-hydrogen) atoms. The number of benzene rings is 2. The highest BCUT2D eigenvalue weighted by atomic mass is 79.9. The van der Waals surface area contributed by atoms with Crippen molar-refractivity contribution in [2.75, 3.05) is 0 Å². The minimum Gasteiger partial charge on any atom is -0.0884 e. The number of rotatable bonds is 4. The fraction of sp³-hybridized carbons (Fsp3) is 0.333. The second-order valence-electron chi connectivity index (χ2n) is 5.56. The number of aryl methyl sites for hydroxylation is 1. The SMILES string of the molecule is Cc1ccccc1CC(Br)C1CC1c1ccccc1. The maximum atomic E-state index is 3.91. The van der Waals surface area contributed by atoms with E-state index in [-0.39, 0.29) is 0 Å². The molecule has 2 aromatic rings. The summed E-state index contributed by atoms with van der Waals surface area (Å²) < 4.78 is 0. The van der Waals surface area contributed by atoms with E-state index in [0.717, 1.165) is 18.3 Å². The van der Waals surface area contributed by atoms with Crippen LogP contribution in [0.15, 0.2) is 54.6 Å². The summed E-state index contributed by atoms with van der Waals surface area (Å²) in [6.45, 7) is 2.20. The Morgan fingerprint density at radius 2 is 1.74 bits per heavy atom. The van der Waals surface area contributed by atoms with Crippen molar-refractivity contribution in [3.63, 3.8) is 0 Å². The Morgan fingerprint density at radius 1 is 1.05 bits per heavy atom. The first kappa shape index (κ1) is 12.9. The average molecular weight is 315 g/mol. The van der Waals surface area contributed by atoms with Crippen LogP contribution in [0.3, 0.4) is 0 Å². The van der Waals surface area contributed by atoms with Gasteiger partial charge in [-0.1, -0.05) is 70.5 Å². The molecule has 0 radical (unpaired) electrons. The maximum Gasteiger partial charge on any atom is 0.0220 e. The first-order chi connectivity index (χ1) is 9.25. The number of halogens is 1. The summed E-state index contributed by atoms with van der Waals surface area (Å²) in [5, 5.41) is 0. The molecule has 3 atom stereocenters. The molecule has 0 saturated heterocycles. The van der Waals surface area contributed by atoms with Gasteiger partial charge in [-0.2, -0.15) is 0 Å². The van der Waals surface area contributed by atoms with Gasteiger partial charge >= 0.3 is 0 Å². The summed E-state index contributed by atoms with van der Waals surface area (Å²) >= 11 is 3.91. The third kappa shape index (κ3) is 2.92. The average Bonchev–Trinajstić information content (AvgIpc) is 3.23. The third-order valence-electron chi connectivity index (χ3n) is 4.21. The van der Waals surface area contributed by atoms with Crippen molar-refractivity contribution in [1.29, 1.82) is 0 Å². The summed E-state index contributed by atoms with van der Waals surface area (Å²) in [5.74, 6) is 1.55. The summed E-state index contributed by atoms with van der Waals surface area (Å²) in [6.07, 6.45) is 2.46. The second-order valence-corrected chi connectivity index (χ2v) is 6.74. The standard InChI is InChI=1S/C18H19Br/c1-13-7-5-6-10-15(13)11-18(19)17-12-16(17)14-8-3-2-4-9-14/h2-10,16-18H,11-12H2,1H3. The zero-order valence-electron chi connectivity index (χ0n) is 11.2. The van der Waals surface area contributed by atoms with Crippen molar-refractivity contribution in [1.82, 2.24) is 0 Å². The predicted molar refractivity (Wildman–Crippen MR) is 84.9 cm³/mol. The molecular weight excluding hydrogens is 296 g/mol. The first-order valence-corrected chi connectivity index (χ1v) is 7.91. The Bertz CT molecular complexity index is 547. The fourth-order valence-electron chi connectivity index (χ4n) is 2.90. The monoisotopic (exact) mass is 314 g/mol. The summed E-state index contributed by atoms with van der Waals surface area (Å²) in [7, 11) is 0. The van der Waals surface area contributed by atoms with E-state index in [2.05, 4.69) is 77.5 Å². The van der Waals surface area contributed by atoms with Gasteiger partial charge in [0.05, 0.1) is 0 Å². The normalized spacial score (nSPS) is 23.1. The first-order valence-electron chi connectivity index (χ1n) is 6.99. The molecule has 0 N–H and O–H groups in total. The molecule has 0 aromatic heterocycles. The minimum atomic E-state index is 0.596. The molecule has 0 nitrogen and oxygen atoms in total. The van der Waals surface area contributed by atoms with E-state index in [1.807, 2.05) is 0 Å². The van der Waals surface area contributed by atoms with Crippen LogP contribution in [-0.4, -0.2) is 4.83 Å². The Hall–Kier alpha value is -1.08. The van der Waals surface area contributed by atoms with Crippen LogP contribution in [0, 0.1) is 12.8 Å². The van der Waals surface area contributed by atoms with E-state index in [1.165, 1.54) is 23.1 Å². The van der Waals surface area contributed by atoms with Gasteiger partial charge in [0.25, 0.3) is 0 Å². The molecule has 0 spiro atoms. The van der Waals surface area contributed by atoms with Crippen LogP contribution in [-0.2, 0) is 6.42 Å². The van der Waals surface area contributed by atoms with Gasteiger partial charge in [0.2, 0.25) is 0 Å². The van der Waals surface area contributed by atoms with Crippen LogP contribution in [0.1, 0.15) is 29.0 Å².